The number of aromatic nitrogens is 2. The molecule has 0 atom stereocenters. The van der Waals surface area contributed by atoms with E-state index in [0.29, 0.717) is 5.69 Å². The average Bonchev–Trinajstić information content (AvgIpc) is 3.19. The van der Waals surface area contributed by atoms with Crippen molar-refractivity contribution in [3.63, 3.8) is 0 Å². The lowest BCUT2D eigenvalue weighted by Crippen LogP contribution is -2.14. The van der Waals surface area contributed by atoms with Gasteiger partial charge in [0.15, 0.2) is 9.84 Å². The lowest BCUT2D eigenvalue weighted by molar-refractivity contribution is -0.115. The molecule has 1 heterocycles. The van der Waals surface area contributed by atoms with E-state index in [1.807, 2.05) is 48.5 Å². The standard InChI is InChI=1S/C23H21N3O3S/c1-2-30(28,29)19-12-10-16(11-13-19)14-22(27)24-18-7-5-6-17(15-18)23-25-20-8-3-4-9-21(20)26-23/h3-13,15H,2,14H2,1H3,(H,24,27)(H,25,26). The summed E-state index contributed by atoms with van der Waals surface area (Å²) in [6, 6.07) is 21.7. The van der Waals surface area contributed by atoms with Gasteiger partial charge in [0.05, 0.1) is 28.1 Å². The summed E-state index contributed by atoms with van der Waals surface area (Å²) >= 11 is 0. The second-order valence-corrected chi connectivity index (χ2v) is 9.23. The lowest BCUT2D eigenvalue weighted by atomic mass is 10.1. The number of benzene rings is 3. The fourth-order valence-corrected chi connectivity index (χ4v) is 4.09. The van der Waals surface area contributed by atoms with Crippen molar-refractivity contribution in [3.8, 4) is 11.4 Å². The highest BCUT2D eigenvalue weighted by Crippen LogP contribution is 2.23. The van der Waals surface area contributed by atoms with Crippen molar-refractivity contribution in [2.45, 2.75) is 18.2 Å². The van der Waals surface area contributed by atoms with Gasteiger partial charge < -0.3 is 10.3 Å². The molecular weight excluding hydrogens is 398 g/mol. The predicted molar refractivity (Wildman–Crippen MR) is 118 cm³/mol. The molecule has 0 saturated heterocycles. The quantitative estimate of drug-likeness (QED) is 0.490. The number of rotatable bonds is 6. The Hall–Kier alpha value is -3.45. The molecular formula is C23H21N3O3S. The molecule has 0 aliphatic rings. The Kier molecular flexibility index (Phi) is 5.37. The summed E-state index contributed by atoms with van der Waals surface area (Å²) in [6.45, 7) is 1.61. The molecule has 1 amide bonds. The number of aromatic amines is 1. The normalized spacial score (nSPS) is 11.5. The first-order valence-electron chi connectivity index (χ1n) is 9.61. The maximum absolute atomic E-state index is 12.5. The Bertz CT molecular complexity index is 1280. The maximum Gasteiger partial charge on any atom is 0.228 e. The van der Waals surface area contributed by atoms with Gasteiger partial charge in [-0.15, -0.1) is 0 Å². The first-order valence-corrected chi connectivity index (χ1v) is 11.3. The van der Waals surface area contributed by atoms with Gasteiger partial charge in [0, 0.05) is 11.3 Å². The molecule has 7 heteroatoms. The summed E-state index contributed by atoms with van der Waals surface area (Å²) < 4.78 is 23.8. The van der Waals surface area contributed by atoms with Crippen molar-refractivity contribution in [1.29, 1.82) is 0 Å². The summed E-state index contributed by atoms with van der Waals surface area (Å²) in [7, 11) is -3.24. The van der Waals surface area contributed by atoms with Gasteiger partial charge in [-0.05, 0) is 42.0 Å². The lowest BCUT2D eigenvalue weighted by Gasteiger charge is -2.08. The minimum absolute atomic E-state index is 0.0500. The van der Waals surface area contributed by atoms with Crippen LogP contribution in [0.25, 0.3) is 22.4 Å². The number of hydrogen-bond donors (Lipinski definition) is 2. The SMILES string of the molecule is CCS(=O)(=O)c1ccc(CC(=O)Nc2cccc(-c3nc4ccccc4[nH]3)c2)cc1. The first kappa shape index (κ1) is 19.8. The molecule has 0 aliphatic heterocycles. The molecule has 0 unspecified atom stereocenters. The number of carbonyl (C=O) groups is 1. The molecule has 0 fully saturated rings. The number of sulfone groups is 1. The molecule has 30 heavy (non-hydrogen) atoms. The van der Waals surface area contributed by atoms with Crippen LogP contribution in [0.1, 0.15) is 12.5 Å². The summed E-state index contributed by atoms with van der Waals surface area (Å²) in [5.41, 5.74) is 4.13. The zero-order chi connectivity index (χ0) is 21.1. The number of fused-ring (bicyclic) bond motifs is 1. The van der Waals surface area contributed by atoms with Crippen LogP contribution in [0.5, 0.6) is 0 Å². The van der Waals surface area contributed by atoms with Crippen molar-refractivity contribution in [2.75, 3.05) is 11.1 Å². The van der Waals surface area contributed by atoms with Crippen LogP contribution in [-0.2, 0) is 21.1 Å². The molecule has 0 bridgehead atoms. The minimum Gasteiger partial charge on any atom is -0.338 e. The topological polar surface area (TPSA) is 91.9 Å². The minimum atomic E-state index is -3.24. The van der Waals surface area contributed by atoms with E-state index in [0.717, 1.165) is 28.0 Å². The number of H-pyrrole nitrogens is 1. The van der Waals surface area contributed by atoms with Crippen LogP contribution in [0.15, 0.2) is 77.7 Å². The zero-order valence-corrected chi connectivity index (χ0v) is 17.2. The van der Waals surface area contributed by atoms with Gasteiger partial charge in [0.1, 0.15) is 5.82 Å². The Labute approximate surface area is 174 Å². The van der Waals surface area contributed by atoms with Crippen molar-refractivity contribution >= 4 is 32.5 Å². The molecule has 1 aromatic heterocycles. The van der Waals surface area contributed by atoms with Crippen LogP contribution in [0.3, 0.4) is 0 Å². The van der Waals surface area contributed by atoms with Gasteiger partial charge in [-0.2, -0.15) is 0 Å². The third kappa shape index (κ3) is 4.26. The van der Waals surface area contributed by atoms with E-state index in [1.165, 1.54) is 0 Å². The Balaban J connectivity index is 1.47. The van der Waals surface area contributed by atoms with Crippen molar-refractivity contribution < 1.29 is 13.2 Å². The van der Waals surface area contributed by atoms with Crippen LogP contribution < -0.4 is 5.32 Å². The molecule has 0 aliphatic carbocycles. The number of nitrogens with zero attached hydrogens (tertiary/aromatic N) is 1. The Morgan fingerprint density at radius 1 is 1.00 bits per heavy atom. The maximum atomic E-state index is 12.5. The number of nitrogens with one attached hydrogen (secondary N) is 2. The number of carbonyl (C=O) groups excluding carboxylic acids is 1. The van der Waals surface area contributed by atoms with Gasteiger partial charge >= 0.3 is 0 Å². The highest BCUT2D eigenvalue weighted by Gasteiger charge is 2.12. The fraction of sp³-hybridized carbons (Fsp3) is 0.130. The van der Waals surface area contributed by atoms with Crippen LogP contribution in [0.2, 0.25) is 0 Å². The van der Waals surface area contributed by atoms with E-state index < -0.39 is 9.84 Å². The molecule has 0 radical (unpaired) electrons. The van der Waals surface area contributed by atoms with Crippen molar-refractivity contribution in [3.05, 3.63) is 78.4 Å². The van der Waals surface area contributed by atoms with Gasteiger partial charge in [0.25, 0.3) is 0 Å². The number of hydrogen-bond acceptors (Lipinski definition) is 4. The van der Waals surface area contributed by atoms with E-state index in [-0.39, 0.29) is 23.0 Å². The largest absolute Gasteiger partial charge is 0.338 e. The highest BCUT2D eigenvalue weighted by atomic mass is 32.2. The van der Waals surface area contributed by atoms with Crippen molar-refractivity contribution in [1.82, 2.24) is 9.97 Å². The smallest absolute Gasteiger partial charge is 0.228 e. The number of imidazole rings is 1. The van der Waals surface area contributed by atoms with Crippen LogP contribution in [-0.4, -0.2) is 30.0 Å². The predicted octanol–water partition coefficient (Wildman–Crippen LogP) is 4.20. The van der Waals surface area contributed by atoms with Gasteiger partial charge in [-0.3, -0.25) is 4.79 Å². The Morgan fingerprint density at radius 3 is 2.50 bits per heavy atom. The van der Waals surface area contributed by atoms with Crippen LogP contribution >= 0.6 is 0 Å². The molecule has 0 spiro atoms. The third-order valence-corrected chi connectivity index (χ3v) is 6.59. The fourth-order valence-electron chi connectivity index (χ4n) is 3.21. The van der Waals surface area contributed by atoms with E-state index >= 15 is 0 Å². The summed E-state index contributed by atoms with van der Waals surface area (Å²) in [4.78, 5) is 20.6. The van der Waals surface area contributed by atoms with Crippen LogP contribution in [0.4, 0.5) is 5.69 Å². The van der Waals surface area contributed by atoms with E-state index in [1.54, 1.807) is 31.2 Å². The second kappa shape index (κ2) is 8.12. The number of anilines is 1. The van der Waals surface area contributed by atoms with E-state index in [2.05, 4.69) is 15.3 Å². The van der Waals surface area contributed by atoms with Gasteiger partial charge in [-0.25, -0.2) is 13.4 Å². The van der Waals surface area contributed by atoms with E-state index in [4.69, 9.17) is 0 Å². The Morgan fingerprint density at radius 2 is 1.77 bits per heavy atom. The molecule has 3 aromatic carbocycles. The second-order valence-electron chi connectivity index (χ2n) is 6.96. The summed E-state index contributed by atoms with van der Waals surface area (Å²) in [6.07, 6.45) is 0.154. The zero-order valence-electron chi connectivity index (χ0n) is 16.4. The molecule has 2 N–H and O–H groups in total. The highest BCUT2D eigenvalue weighted by molar-refractivity contribution is 7.91. The first-order chi connectivity index (χ1) is 14.4. The molecule has 4 aromatic rings. The molecule has 152 valence electrons. The number of amides is 1. The summed E-state index contributed by atoms with van der Waals surface area (Å²) in [5, 5.41) is 2.89. The third-order valence-electron chi connectivity index (χ3n) is 4.84. The van der Waals surface area contributed by atoms with Gasteiger partial charge in [-0.1, -0.05) is 43.3 Å². The molecule has 4 rings (SSSR count). The average molecular weight is 420 g/mol. The van der Waals surface area contributed by atoms with E-state index in [9.17, 15) is 13.2 Å². The molecule has 6 nitrogen and oxygen atoms in total. The van der Waals surface area contributed by atoms with Crippen LogP contribution in [0, 0.1) is 0 Å². The van der Waals surface area contributed by atoms with Crippen molar-refractivity contribution in [2.24, 2.45) is 0 Å². The monoisotopic (exact) mass is 419 g/mol. The number of para-hydroxylation sites is 2. The molecule has 0 saturated carbocycles. The summed E-state index contributed by atoms with van der Waals surface area (Å²) in [5.74, 6) is 0.608. The van der Waals surface area contributed by atoms with Gasteiger partial charge in [0.2, 0.25) is 5.91 Å².